The molecule has 0 saturated heterocycles. The van der Waals surface area contributed by atoms with E-state index in [0.29, 0.717) is 22.6 Å². The van der Waals surface area contributed by atoms with E-state index in [4.69, 9.17) is 18.9 Å². The molecule has 0 atom stereocenters. The molecule has 0 aliphatic heterocycles. The minimum Gasteiger partial charge on any atom is -0.496 e. The van der Waals surface area contributed by atoms with Gasteiger partial charge in [-0.3, -0.25) is 4.79 Å². The number of ketones is 1. The first-order chi connectivity index (χ1) is 15.3. The SMILES string of the molecule is COc1cc(C(=O)c2ccc(OC)c(OC)c2OCc2ccccc2F)c(C)c(C)c1C. The van der Waals surface area contributed by atoms with Gasteiger partial charge >= 0.3 is 0 Å². The molecule has 3 aromatic carbocycles. The van der Waals surface area contributed by atoms with Crippen LogP contribution in [0.15, 0.2) is 42.5 Å². The average molecular weight is 438 g/mol. The highest BCUT2D eigenvalue weighted by Crippen LogP contribution is 2.42. The van der Waals surface area contributed by atoms with Crippen LogP contribution in [0.2, 0.25) is 0 Å². The van der Waals surface area contributed by atoms with Gasteiger partial charge in [0.15, 0.2) is 17.3 Å². The summed E-state index contributed by atoms with van der Waals surface area (Å²) in [5, 5.41) is 0. The van der Waals surface area contributed by atoms with E-state index in [1.807, 2.05) is 20.8 Å². The molecule has 0 spiro atoms. The van der Waals surface area contributed by atoms with Gasteiger partial charge in [0.2, 0.25) is 5.75 Å². The van der Waals surface area contributed by atoms with Crippen LogP contribution in [-0.2, 0) is 6.61 Å². The van der Waals surface area contributed by atoms with E-state index in [-0.39, 0.29) is 29.5 Å². The smallest absolute Gasteiger partial charge is 0.204 e. The second kappa shape index (κ2) is 9.73. The van der Waals surface area contributed by atoms with Gasteiger partial charge in [-0.05, 0) is 61.7 Å². The fraction of sp³-hybridized carbons (Fsp3) is 0.269. The number of carbonyl (C=O) groups excluding carboxylic acids is 1. The highest BCUT2D eigenvalue weighted by atomic mass is 19.1. The number of benzene rings is 3. The van der Waals surface area contributed by atoms with Crippen molar-refractivity contribution in [2.24, 2.45) is 0 Å². The molecule has 3 aromatic rings. The van der Waals surface area contributed by atoms with Crippen LogP contribution in [0.4, 0.5) is 4.39 Å². The zero-order valence-corrected chi connectivity index (χ0v) is 19.2. The van der Waals surface area contributed by atoms with Crippen LogP contribution in [0.25, 0.3) is 0 Å². The predicted molar refractivity (Wildman–Crippen MR) is 121 cm³/mol. The van der Waals surface area contributed by atoms with Crippen molar-refractivity contribution in [1.82, 2.24) is 0 Å². The summed E-state index contributed by atoms with van der Waals surface area (Å²) in [4.78, 5) is 13.7. The van der Waals surface area contributed by atoms with Gasteiger partial charge in [-0.1, -0.05) is 18.2 Å². The van der Waals surface area contributed by atoms with Crippen LogP contribution < -0.4 is 18.9 Å². The van der Waals surface area contributed by atoms with Gasteiger partial charge in [0.25, 0.3) is 0 Å². The van der Waals surface area contributed by atoms with Crippen molar-refractivity contribution < 1.29 is 28.1 Å². The van der Waals surface area contributed by atoms with Crippen molar-refractivity contribution in [1.29, 1.82) is 0 Å². The van der Waals surface area contributed by atoms with Crippen LogP contribution >= 0.6 is 0 Å². The predicted octanol–water partition coefficient (Wildman–Crippen LogP) is 5.59. The van der Waals surface area contributed by atoms with Crippen molar-refractivity contribution in [2.75, 3.05) is 21.3 Å². The summed E-state index contributed by atoms with van der Waals surface area (Å²) in [5.41, 5.74) is 3.94. The third kappa shape index (κ3) is 4.26. The van der Waals surface area contributed by atoms with Gasteiger partial charge < -0.3 is 18.9 Å². The Balaban J connectivity index is 2.13. The zero-order valence-electron chi connectivity index (χ0n) is 19.2. The Morgan fingerprint density at radius 2 is 1.47 bits per heavy atom. The van der Waals surface area contributed by atoms with E-state index >= 15 is 0 Å². The molecule has 0 aliphatic carbocycles. The minimum absolute atomic E-state index is 0.0777. The van der Waals surface area contributed by atoms with Crippen molar-refractivity contribution in [3.8, 4) is 23.0 Å². The van der Waals surface area contributed by atoms with Crippen LogP contribution in [0.5, 0.6) is 23.0 Å². The van der Waals surface area contributed by atoms with Gasteiger partial charge in [-0.2, -0.15) is 0 Å². The molecule has 0 bridgehead atoms. The first kappa shape index (κ1) is 23.1. The molecule has 0 radical (unpaired) electrons. The van der Waals surface area contributed by atoms with Gasteiger partial charge in [-0.25, -0.2) is 4.39 Å². The Bertz CT molecular complexity index is 1150. The van der Waals surface area contributed by atoms with Gasteiger partial charge in [-0.15, -0.1) is 0 Å². The lowest BCUT2D eigenvalue weighted by atomic mass is 9.92. The highest BCUT2D eigenvalue weighted by molar-refractivity contribution is 6.12. The van der Waals surface area contributed by atoms with Crippen molar-refractivity contribution in [3.05, 3.63) is 81.7 Å². The van der Waals surface area contributed by atoms with Gasteiger partial charge in [0.1, 0.15) is 18.2 Å². The van der Waals surface area contributed by atoms with Crippen molar-refractivity contribution in [2.45, 2.75) is 27.4 Å². The summed E-state index contributed by atoms with van der Waals surface area (Å²) >= 11 is 0. The Labute approximate surface area is 187 Å². The lowest BCUT2D eigenvalue weighted by molar-refractivity contribution is 0.103. The van der Waals surface area contributed by atoms with E-state index < -0.39 is 5.82 Å². The molecule has 0 amide bonds. The summed E-state index contributed by atoms with van der Waals surface area (Å²) in [5.74, 6) is 0.845. The Kier molecular flexibility index (Phi) is 7.03. The molecule has 0 heterocycles. The number of rotatable bonds is 8. The number of halogens is 1. The zero-order chi connectivity index (χ0) is 23.4. The summed E-state index contributed by atoms with van der Waals surface area (Å²) in [7, 11) is 4.54. The molecule has 0 saturated carbocycles. The summed E-state index contributed by atoms with van der Waals surface area (Å²) in [6.45, 7) is 5.73. The summed E-state index contributed by atoms with van der Waals surface area (Å²) in [6.07, 6.45) is 0. The largest absolute Gasteiger partial charge is 0.496 e. The fourth-order valence-electron chi connectivity index (χ4n) is 3.59. The Morgan fingerprint density at radius 3 is 2.09 bits per heavy atom. The maximum atomic E-state index is 14.1. The molecule has 0 fully saturated rings. The Morgan fingerprint density at radius 1 is 0.781 bits per heavy atom. The lowest BCUT2D eigenvalue weighted by Crippen LogP contribution is -2.11. The maximum Gasteiger partial charge on any atom is 0.204 e. The molecule has 6 heteroatoms. The third-order valence-electron chi connectivity index (χ3n) is 5.71. The van der Waals surface area contributed by atoms with Gasteiger partial charge in [0, 0.05) is 11.1 Å². The first-order valence-corrected chi connectivity index (χ1v) is 10.1. The monoisotopic (exact) mass is 438 g/mol. The second-order valence-corrected chi connectivity index (χ2v) is 7.39. The number of hydrogen-bond acceptors (Lipinski definition) is 5. The Hall–Kier alpha value is -3.54. The average Bonchev–Trinajstić information content (AvgIpc) is 2.81. The topological polar surface area (TPSA) is 54.0 Å². The molecule has 0 aromatic heterocycles. The molecule has 5 nitrogen and oxygen atoms in total. The molecular formula is C26H27FO5. The van der Waals surface area contributed by atoms with E-state index in [2.05, 4.69) is 0 Å². The summed E-state index contributed by atoms with van der Waals surface area (Å²) in [6, 6.07) is 11.3. The van der Waals surface area contributed by atoms with E-state index in [0.717, 1.165) is 16.7 Å². The first-order valence-electron chi connectivity index (χ1n) is 10.1. The molecule has 0 unspecified atom stereocenters. The highest BCUT2D eigenvalue weighted by Gasteiger charge is 2.25. The number of methoxy groups -OCH3 is 3. The summed E-state index contributed by atoms with van der Waals surface area (Å²) < 4.78 is 36.5. The fourth-order valence-corrected chi connectivity index (χ4v) is 3.59. The lowest BCUT2D eigenvalue weighted by Gasteiger charge is -2.19. The van der Waals surface area contributed by atoms with Crippen LogP contribution in [0.1, 0.15) is 38.2 Å². The quantitative estimate of drug-likeness (QED) is 0.429. The van der Waals surface area contributed by atoms with Crippen LogP contribution in [0.3, 0.4) is 0 Å². The van der Waals surface area contributed by atoms with Crippen molar-refractivity contribution in [3.63, 3.8) is 0 Å². The van der Waals surface area contributed by atoms with E-state index in [1.54, 1.807) is 43.5 Å². The molecule has 3 rings (SSSR count). The maximum absolute atomic E-state index is 14.1. The number of hydrogen-bond donors (Lipinski definition) is 0. The number of carbonyl (C=O) groups is 1. The van der Waals surface area contributed by atoms with Crippen LogP contribution in [-0.4, -0.2) is 27.1 Å². The van der Waals surface area contributed by atoms with Gasteiger partial charge in [0.05, 0.1) is 26.9 Å². The second-order valence-electron chi connectivity index (χ2n) is 7.39. The van der Waals surface area contributed by atoms with Crippen LogP contribution in [0, 0.1) is 26.6 Å². The van der Waals surface area contributed by atoms with E-state index in [1.165, 1.54) is 20.3 Å². The number of ether oxygens (including phenoxy) is 4. The minimum atomic E-state index is -0.392. The molecular weight excluding hydrogens is 411 g/mol. The standard InChI is InChI=1S/C26H27FO5/c1-15-16(2)20(13-23(30-5)17(15)3)24(28)19-11-12-22(29-4)26(31-6)25(19)32-14-18-9-7-8-10-21(18)27/h7-13H,14H2,1-6H3. The third-order valence-corrected chi connectivity index (χ3v) is 5.71. The molecule has 0 aliphatic rings. The molecule has 32 heavy (non-hydrogen) atoms. The molecule has 0 N–H and O–H groups in total. The molecule has 168 valence electrons. The van der Waals surface area contributed by atoms with E-state index in [9.17, 15) is 9.18 Å². The normalized spacial score (nSPS) is 10.6. The van der Waals surface area contributed by atoms with Crippen molar-refractivity contribution >= 4 is 5.78 Å².